The van der Waals surface area contributed by atoms with Gasteiger partial charge in [-0.15, -0.1) is 0 Å². The lowest BCUT2D eigenvalue weighted by Crippen LogP contribution is -2.10. The molecule has 0 aliphatic carbocycles. The summed E-state index contributed by atoms with van der Waals surface area (Å²) in [7, 11) is 0. The fourth-order valence-electron chi connectivity index (χ4n) is 7.24. The Morgan fingerprint density at radius 3 is 1.92 bits per heavy atom. The Kier molecular flexibility index (Phi) is 6.78. The Hall–Kier alpha value is -6.91. The van der Waals surface area contributed by atoms with Crippen LogP contribution in [0.25, 0.3) is 77.5 Å². The van der Waals surface area contributed by atoms with Crippen LogP contribution < -0.4 is 4.90 Å². The molecule has 10 rings (SSSR count). The van der Waals surface area contributed by atoms with Crippen LogP contribution in [0, 0.1) is 0 Å². The van der Waals surface area contributed by atoms with Crippen molar-refractivity contribution in [2.45, 2.75) is 0 Å². The quantitative estimate of drug-likeness (QED) is 0.179. The van der Waals surface area contributed by atoms with E-state index >= 15 is 0 Å². The van der Waals surface area contributed by atoms with Gasteiger partial charge in [-0.25, -0.2) is 4.98 Å². The minimum absolute atomic E-state index is 0.597. The van der Waals surface area contributed by atoms with Gasteiger partial charge in [0.05, 0.1) is 5.69 Å². The second kappa shape index (κ2) is 11.9. The maximum Gasteiger partial charge on any atom is 0.227 e. The van der Waals surface area contributed by atoms with Crippen molar-refractivity contribution in [1.29, 1.82) is 0 Å². The van der Waals surface area contributed by atoms with Gasteiger partial charge in [-0.05, 0) is 81.6 Å². The Morgan fingerprint density at radius 2 is 1.08 bits per heavy atom. The fourth-order valence-corrected chi connectivity index (χ4v) is 7.24. The lowest BCUT2D eigenvalue weighted by molar-refractivity contribution is 0.617. The second-order valence-corrected chi connectivity index (χ2v) is 12.8. The highest BCUT2D eigenvalue weighted by Crippen LogP contribution is 2.44. The predicted octanol–water partition coefficient (Wildman–Crippen LogP) is 13.4. The van der Waals surface area contributed by atoms with E-state index in [-0.39, 0.29) is 0 Å². The summed E-state index contributed by atoms with van der Waals surface area (Å²) in [5.74, 6) is 0.597. The van der Waals surface area contributed by atoms with Gasteiger partial charge in [-0.3, -0.25) is 0 Å². The minimum atomic E-state index is 0.597. The van der Waals surface area contributed by atoms with Crippen LogP contribution in [0.15, 0.2) is 191 Å². The first kappa shape index (κ1) is 29.0. The molecule has 0 amide bonds. The van der Waals surface area contributed by atoms with E-state index in [1.165, 1.54) is 21.9 Å². The van der Waals surface area contributed by atoms with E-state index < -0.39 is 0 Å². The summed E-state index contributed by atoms with van der Waals surface area (Å²) in [6.45, 7) is 0. The van der Waals surface area contributed by atoms with Crippen LogP contribution in [0.5, 0.6) is 0 Å². The smallest absolute Gasteiger partial charge is 0.227 e. The van der Waals surface area contributed by atoms with Crippen LogP contribution in [0.4, 0.5) is 17.1 Å². The van der Waals surface area contributed by atoms with E-state index in [9.17, 15) is 0 Å². The summed E-state index contributed by atoms with van der Waals surface area (Å²) >= 11 is 0. The lowest BCUT2D eigenvalue weighted by atomic mass is 9.97. The zero-order valence-electron chi connectivity index (χ0n) is 27.5. The minimum Gasteiger partial charge on any atom is -0.454 e. The number of nitrogens with zero attached hydrogens (tertiary/aromatic N) is 2. The number of para-hydroxylation sites is 1. The molecule has 0 saturated heterocycles. The van der Waals surface area contributed by atoms with Crippen LogP contribution in [0.3, 0.4) is 0 Å². The van der Waals surface area contributed by atoms with Crippen molar-refractivity contribution in [3.8, 4) is 33.7 Å². The first-order valence-electron chi connectivity index (χ1n) is 17.1. The number of aromatic nitrogens is 1. The summed E-state index contributed by atoms with van der Waals surface area (Å²) < 4.78 is 13.0. The first-order valence-corrected chi connectivity index (χ1v) is 17.1. The topological polar surface area (TPSA) is 42.4 Å². The Balaban J connectivity index is 1.15. The molecule has 0 N–H and O–H groups in total. The van der Waals surface area contributed by atoms with Crippen molar-refractivity contribution in [3.63, 3.8) is 0 Å². The Labute approximate surface area is 294 Å². The normalized spacial score (nSPS) is 11.5. The molecule has 0 radical (unpaired) electrons. The first-order chi connectivity index (χ1) is 25.3. The molecule has 51 heavy (non-hydrogen) atoms. The predicted molar refractivity (Wildman–Crippen MR) is 210 cm³/mol. The third-order valence-corrected chi connectivity index (χ3v) is 9.69. The Morgan fingerprint density at radius 1 is 0.412 bits per heavy atom. The molecule has 4 heteroatoms. The van der Waals surface area contributed by atoms with E-state index in [1.807, 2.05) is 42.5 Å². The van der Waals surface area contributed by atoms with Crippen molar-refractivity contribution in [2.24, 2.45) is 0 Å². The van der Waals surface area contributed by atoms with E-state index in [4.69, 9.17) is 13.8 Å². The lowest BCUT2D eigenvalue weighted by Gasteiger charge is -2.26. The average molecular weight is 655 g/mol. The third-order valence-electron chi connectivity index (χ3n) is 9.69. The van der Waals surface area contributed by atoms with Gasteiger partial charge >= 0.3 is 0 Å². The van der Waals surface area contributed by atoms with Gasteiger partial charge in [0.2, 0.25) is 5.89 Å². The number of anilines is 3. The molecule has 0 aliphatic heterocycles. The van der Waals surface area contributed by atoms with Gasteiger partial charge < -0.3 is 13.7 Å². The number of hydrogen-bond acceptors (Lipinski definition) is 4. The highest BCUT2D eigenvalue weighted by molar-refractivity contribution is 6.13. The van der Waals surface area contributed by atoms with Crippen molar-refractivity contribution in [1.82, 2.24) is 4.98 Å². The summed E-state index contributed by atoms with van der Waals surface area (Å²) in [6, 6.07) is 63.5. The molecule has 0 spiro atoms. The van der Waals surface area contributed by atoms with Gasteiger partial charge in [-0.2, -0.15) is 0 Å². The highest BCUT2D eigenvalue weighted by atomic mass is 16.4. The number of hydrogen-bond donors (Lipinski definition) is 0. The zero-order chi connectivity index (χ0) is 33.7. The number of rotatable bonds is 6. The standard InChI is InChI=1S/C47H30N2O2/c1-3-12-31(13-4-1)32-24-26-36(27-25-32)49(37-19-9-18-35(28-37)39-21-10-17-33-14-7-8-20-38(33)39)43-23-11-22-40-41-29-42-45(30-44(41)50-46(40)43)51-47(48-42)34-15-5-2-6-16-34/h1-30H. The van der Waals surface area contributed by atoms with E-state index in [2.05, 4.69) is 144 Å². The van der Waals surface area contributed by atoms with Crippen LogP contribution in [0.2, 0.25) is 0 Å². The monoisotopic (exact) mass is 654 g/mol. The molecule has 240 valence electrons. The molecule has 0 aliphatic rings. The summed E-state index contributed by atoms with van der Waals surface area (Å²) in [6.07, 6.45) is 0. The molecule has 0 fully saturated rings. The summed E-state index contributed by atoms with van der Waals surface area (Å²) in [5, 5.41) is 4.46. The zero-order valence-corrected chi connectivity index (χ0v) is 27.5. The molecule has 2 heterocycles. The molecule has 0 unspecified atom stereocenters. The van der Waals surface area contributed by atoms with E-state index in [0.717, 1.165) is 61.2 Å². The van der Waals surface area contributed by atoms with Gasteiger partial charge in [0, 0.05) is 33.8 Å². The molecular formula is C47H30N2O2. The van der Waals surface area contributed by atoms with Gasteiger partial charge in [0.1, 0.15) is 11.1 Å². The molecule has 2 aromatic heterocycles. The summed E-state index contributed by atoms with van der Waals surface area (Å²) in [5.41, 5.74) is 11.7. The SMILES string of the molecule is c1ccc(-c2ccc(N(c3cccc(-c4cccc5ccccc45)c3)c3cccc4c3oc3cc5oc(-c6ccccc6)nc5cc34)cc2)cc1. The maximum absolute atomic E-state index is 6.77. The average Bonchev–Trinajstić information content (AvgIpc) is 3.79. The van der Waals surface area contributed by atoms with Crippen LogP contribution in [0.1, 0.15) is 0 Å². The molecule has 0 bridgehead atoms. The largest absolute Gasteiger partial charge is 0.454 e. The van der Waals surface area contributed by atoms with Gasteiger partial charge in [-0.1, -0.05) is 127 Å². The van der Waals surface area contributed by atoms with Crippen LogP contribution >= 0.6 is 0 Å². The second-order valence-electron chi connectivity index (χ2n) is 12.8. The molecule has 10 aromatic rings. The van der Waals surface area contributed by atoms with Crippen LogP contribution in [-0.4, -0.2) is 4.98 Å². The summed E-state index contributed by atoms with van der Waals surface area (Å²) in [4.78, 5) is 7.14. The maximum atomic E-state index is 6.77. The molecule has 0 saturated carbocycles. The number of benzene rings is 8. The van der Waals surface area contributed by atoms with Gasteiger partial charge in [0.25, 0.3) is 0 Å². The van der Waals surface area contributed by atoms with Crippen molar-refractivity contribution in [2.75, 3.05) is 4.90 Å². The number of furan rings is 1. The van der Waals surface area contributed by atoms with Gasteiger partial charge in [0.15, 0.2) is 11.2 Å². The van der Waals surface area contributed by atoms with Crippen molar-refractivity contribution < 1.29 is 8.83 Å². The van der Waals surface area contributed by atoms with E-state index in [0.29, 0.717) is 11.5 Å². The molecule has 8 aromatic carbocycles. The number of fused-ring (bicyclic) bond motifs is 5. The Bertz CT molecular complexity index is 2850. The third kappa shape index (κ3) is 5.04. The number of oxazole rings is 1. The molecule has 4 nitrogen and oxygen atoms in total. The van der Waals surface area contributed by atoms with E-state index in [1.54, 1.807) is 0 Å². The van der Waals surface area contributed by atoms with Crippen molar-refractivity contribution in [3.05, 3.63) is 182 Å². The molecular weight excluding hydrogens is 625 g/mol. The molecule has 0 atom stereocenters. The highest BCUT2D eigenvalue weighted by Gasteiger charge is 2.21. The fraction of sp³-hybridized carbons (Fsp3) is 0. The van der Waals surface area contributed by atoms with Crippen molar-refractivity contribution >= 4 is 60.9 Å². The van der Waals surface area contributed by atoms with Crippen LogP contribution in [-0.2, 0) is 0 Å².